The number of hydrogen-bond acceptors (Lipinski definition) is 2. The summed E-state index contributed by atoms with van der Waals surface area (Å²) >= 11 is 0. The molecule has 0 spiro atoms. The number of quaternary nitrogens is 1. The summed E-state index contributed by atoms with van der Waals surface area (Å²) in [5.74, 6) is 0. The summed E-state index contributed by atoms with van der Waals surface area (Å²) < 4.78 is 0.869. The molecule has 11 heavy (non-hydrogen) atoms. The van der Waals surface area contributed by atoms with E-state index in [0.717, 1.165) is 24.0 Å². The SMILES string of the molecule is CCC[N+](C)(C)CCC(O)O. The first-order valence-corrected chi connectivity index (χ1v) is 4.16. The lowest BCUT2D eigenvalue weighted by atomic mass is 10.3. The highest BCUT2D eigenvalue weighted by molar-refractivity contribution is 4.38. The van der Waals surface area contributed by atoms with Gasteiger partial charge in [-0.2, -0.15) is 0 Å². The van der Waals surface area contributed by atoms with Crippen LogP contribution in [0, 0.1) is 0 Å². The molecule has 0 saturated carbocycles. The van der Waals surface area contributed by atoms with E-state index in [1.807, 2.05) is 0 Å². The molecule has 3 nitrogen and oxygen atoms in total. The molecule has 0 heterocycles. The summed E-state index contributed by atoms with van der Waals surface area (Å²) in [6, 6.07) is 0. The first kappa shape index (κ1) is 10.9. The zero-order valence-electron chi connectivity index (χ0n) is 7.75. The molecule has 0 fully saturated rings. The Morgan fingerprint density at radius 1 is 1.18 bits per heavy atom. The average molecular weight is 162 g/mol. The highest BCUT2D eigenvalue weighted by Crippen LogP contribution is 2.01. The molecule has 0 aromatic carbocycles. The predicted octanol–water partition coefficient (Wildman–Crippen LogP) is 0.174. The van der Waals surface area contributed by atoms with Crippen molar-refractivity contribution in [2.24, 2.45) is 0 Å². The van der Waals surface area contributed by atoms with Crippen LogP contribution in [0.5, 0.6) is 0 Å². The molecule has 0 atom stereocenters. The van der Waals surface area contributed by atoms with Gasteiger partial charge in [0.1, 0.15) is 0 Å². The fourth-order valence-electron chi connectivity index (χ4n) is 1.18. The third-order valence-electron chi connectivity index (χ3n) is 1.82. The van der Waals surface area contributed by atoms with Crippen LogP contribution in [0.3, 0.4) is 0 Å². The summed E-state index contributed by atoms with van der Waals surface area (Å²) in [6.07, 6.45) is 0.450. The zero-order valence-corrected chi connectivity index (χ0v) is 7.75. The van der Waals surface area contributed by atoms with E-state index in [1.165, 1.54) is 0 Å². The van der Waals surface area contributed by atoms with Crippen LogP contribution in [0.15, 0.2) is 0 Å². The fourth-order valence-corrected chi connectivity index (χ4v) is 1.18. The van der Waals surface area contributed by atoms with Gasteiger partial charge in [0.05, 0.1) is 27.2 Å². The van der Waals surface area contributed by atoms with Crippen LogP contribution in [0.1, 0.15) is 19.8 Å². The van der Waals surface area contributed by atoms with E-state index in [0.29, 0.717) is 6.42 Å². The van der Waals surface area contributed by atoms with Crippen molar-refractivity contribution in [3.05, 3.63) is 0 Å². The standard InChI is InChI=1S/C8H20NO2/c1-4-6-9(2,3)7-5-8(10)11/h8,10-11H,4-7H2,1-3H3/q+1. The van der Waals surface area contributed by atoms with Gasteiger partial charge in [-0.3, -0.25) is 0 Å². The number of hydrogen-bond donors (Lipinski definition) is 2. The second-order valence-corrected chi connectivity index (χ2v) is 3.65. The average Bonchev–Trinajstić information content (AvgIpc) is 1.84. The first-order valence-electron chi connectivity index (χ1n) is 4.16. The van der Waals surface area contributed by atoms with Crippen molar-refractivity contribution in [2.75, 3.05) is 27.2 Å². The molecule has 0 amide bonds. The molecule has 0 radical (unpaired) electrons. The minimum atomic E-state index is -1.15. The van der Waals surface area contributed by atoms with Gasteiger partial charge < -0.3 is 14.7 Å². The van der Waals surface area contributed by atoms with Crippen LogP contribution in [-0.4, -0.2) is 48.2 Å². The Hall–Kier alpha value is -0.120. The zero-order chi connectivity index (χ0) is 8.91. The van der Waals surface area contributed by atoms with E-state index in [1.54, 1.807) is 0 Å². The van der Waals surface area contributed by atoms with E-state index < -0.39 is 6.29 Å². The molecule has 0 aliphatic rings. The lowest BCUT2D eigenvalue weighted by Crippen LogP contribution is -2.42. The van der Waals surface area contributed by atoms with Gasteiger partial charge in [-0.25, -0.2) is 0 Å². The van der Waals surface area contributed by atoms with Crippen molar-refractivity contribution >= 4 is 0 Å². The monoisotopic (exact) mass is 162 g/mol. The highest BCUT2D eigenvalue weighted by atomic mass is 16.5. The number of nitrogens with zero attached hydrogens (tertiary/aromatic N) is 1. The molecular formula is C8H20NO2+. The summed E-state index contributed by atoms with van der Waals surface area (Å²) in [7, 11) is 4.21. The Balaban J connectivity index is 3.54. The summed E-state index contributed by atoms with van der Waals surface area (Å²) in [5.41, 5.74) is 0. The van der Waals surface area contributed by atoms with Crippen LogP contribution in [0.25, 0.3) is 0 Å². The molecule has 0 aromatic rings. The Labute approximate surface area is 68.9 Å². The minimum Gasteiger partial charge on any atom is -0.368 e. The van der Waals surface area contributed by atoms with Gasteiger partial charge in [-0.15, -0.1) is 0 Å². The summed E-state index contributed by atoms with van der Waals surface area (Å²) in [5, 5.41) is 17.3. The topological polar surface area (TPSA) is 40.5 Å². The molecule has 0 aromatic heterocycles. The van der Waals surface area contributed by atoms with Crippen LogP contribution in [0.2, 0.25) is 0 Å². The van der Waals surface area contributed by atoms with Crippen molar-refractivity contribution < 1.29 is 14.7 Å². The Bertz CT molecular complexity index is 102. The molecule has 3 heteroatoms. The van der Waals surface area contributed by atoms with Crippen LogP contribution < -0.4 is 0 Å². The number of aliphatic hydroxyl groups excluding tert-OH is 1. The summed E-state index contributed by atoms with van der Waals surface area (Å²) in [6.45, 7) is 4.05. The maximum absolute atomic E-state index is 8.63. The van der Waals surface area contributed by atoms with Crippen molar-refractivity contribution in [1.82, 2.24) is 0 Å². The predicted molar refractivity (Wildman–Crippen MR) is 45.0 cm³/mol. The van der Waals surface area contributed by atoms with Gasteiger partial charge >= 0.3 is 0 Å². The highest BCUT2D eigenvalue weighted by Gasteiger charge is 2.14. The molecule has 0 aliphatic carbocycles. The first-order chi connectivity index (χ1) is 4.98. The quantitative estimate of drug-likeness (QED) is 0.447. The maximum atomic E-state index is 8.63. The van der Waals surface area contributed by atoms with E-state index >= 15 is 0 Å². The van der Waals surface area contributed by atoms with Crippen molar-refractivity contribution in [2.45, 2.75) is 26.1 Å². The molecule has 0 saturated heterocycles. The minimum absolute atomic E-state index is 0.465. The molecule has 0 aliphatic heterocycles. The molecule has 68 valence electrons. The van der Waals surface area contributed by atoms with Gasteiger partial charge in [-0.1, -0.05) is 6.92 Å². The van der Waals surface area contributed by atoms with Crippen LogP contribution >= 0.6 is 0 Å². The van der Waals surface area contributed by atoms with Crippen LogP contribution in [-0.2, 0) is 0 Å². The molecule has 0 bridgehead atoms. The van der Waals surface area contributed by atoms with Gasteiger partial charge in [-0.05, 0) is 6.42 Å². The lowest BCUT2D eigenvalue weighted by Gasteiger charge is -2.29. The Morgan fingerprint density at radius 3 is 2.09 bits per heavy atom. The van der Waals surface area contributed by atoms with Gasteiger partial charge in [0.15, 0.2) is 6.29 Å². The van der Waals surface area contributed by atoms with Gasteiger partial charge in [0.25, 0.3) is 0 Å². The van der Waals surface area contributed by atoms with E-state index in [-0.39, 0.29) is 0 Å². The maximum Gasteiger partial charge on any atom is 0.156 e. The molecule has 0 rings (SSSR count). The smallest absolute Gasteiger partial charge is 0.156 e. The Morgan fingerprint density at radius 2 is 1.73 bits per heavy atom. The molecule has 0 unspecified atom stereocenters. The molecule has 2 N–H and O–H groups in total. The van der Waals surface area contributed by atoms with E-state index in [4.69, 9.17) is 10.2 Å². The van der Waals surface area contributed by atoms with Gasteiger partial charge in [0.2, 0.25) is 0 Å². The summed E-state index contributed by atoms with van der Waals surface area (Å²) in [4.78, 5) is 0. The number of aliphatic hydroxyl groups is 2. The largest absolute Gasteiger partial charge is 0.368 e. The lowest BCUT2D eigenvalue weighted by molar-refractivity contribution is -0.891. The van der Waals surface area contributed by atoms with Crippen molar-refractivity contribution in [1.29, 1.82) is 0 Å². The number of rotatable bonds is 5. The van der Waals surface area contributed by atoms with Crippen molar-refractivity contribution in [3.8, 4) is 0 Å². The normalized spacial score (nSPS) is 12.5. The Kier molecular flexibility index (Phi) is 4.65. The third-order valence-corrected chi connectivity index (χ3v) is 1.82. The second kappa shape index (κ2) is 4.70. The van der Waals surface area contributed by atoms with Crippen LogP contribution in [0.4, 0.5) is 0 Å². The van der Waals surface area contributed by atoms with E-state index in [2.05, 4.69) is 21.0 Å². The van der Waals surface area contributed by atoms with Gasteiger partial charge in [0, 0.05) is 6.42 Å². The second-order valence-electron chi connectivity index (χ2n) is 3.65. The van der Waals surface area contributed by atoms with E-state index in [9.17, 15) is 0 Å². The van der Waals surface area contributed by atoms with Crippen molar-refractivity contribution in [3.63, 3.8) is 0 Å². The third kappa shape index (κ3) is 6.28. The fraction of sp³-hybridized carbons (Fsp3) is 1.00. The molecular weight excluding hydrogens is 142 g/mol.